The molecule has 1 amide bonds. The van der Waals surface area contributed by atoms with Gasteiger partial charge < -0.3 is 24.2 Å². The second-order valence-corrected chi connectivity index (χ2v) is 7.47. The lowest BCUT2D eigenvalue weighted by Crippen LogP contribution is -2.31. The first kappa shape index (κ1) is 24.1. The van der Waals surface area contributed by atoms with Crippen LogP contribution in [0.4, 0.5) is 0 Å². The number of nitrogens with zero attached hydrogens (tertiary/aromatic N) is 1. The van der Waals surface area contributed by atoms with Gasteiger partial charge in [0.25, 0.3) is 11.7 Å². The van der Waals surface area contributed by atoms with E-state index in [1.807, 2.05) is 6.92 Å². The molecule has 0 saturated carbocycles. The van der Waals surface area contributed by atoms with Crippen molar-refractivity contribution in [3.05, 3.63) is 77.9 Å². The Balaban J connectivity index is 2.06. The molecule has 33 heavy (non-hydrogen) atoms. The highest BCUT2D eigenvalue weighted by Gasteiger charge is 2.45. The Morgan fingerprint density at radius 3 is 2.55 bits per heavy atom. The van der Waals surface area contributed by atoms with Gasteiger partial charge in [-0.25, -0.2) is 0 Å². The Kier molecular flexibility index (Phi) is 8.27. The van der Waals surface area contributed by atoms with Crippen molar-refractivity contribution < 1.29 is 28.9 Å². The molecule has 1 aliphatic rings. The van der Waals surface area contributed by atoms with Gasteiger partial charge in [-0.15, -0.1) is 0 Å². The topological polar surface area (TPSA) is 85.3 Å². The van der Waals surface area contributed by atoms with Gasteiger partial charge in [0, 0.05) is 25.8 Å². The summed E-state index contributed by atoms with van der Waals surface area (Å²) < 4.78 is 16.2. The molecule has 0 bridgehead atoms. The highest BCUT2D eigenvalue weighted by Crippen LogP contribution is 2.40. The standard InChI is InChI=1S/C26H29NO6/c1-4-15-33-20-12-10-18(11-13-20)23-22(25(29)26(30)27(23)14-7-16-31-3)24(28)19-8-6-9-21(17-19)32-5-2/h4,6,8-13,17,23,28H,1,5,7,14-16H2,2-3H3/b24-22+. The zero-order valence-electron chi connectivity index (χ0n) is 19.0. The minimum atomic E-state index is -0.730. The second-order valence-electron chi connectivity index (χ2n) is 7.47. The number of hydrogen-bond acceptors (Lipinski definition) is 6. The van der Waals surface area contributed by atoms with Gasteiger partial charge in [0.2, 0.25) is 0 Å². The van der Waals surface area contributed by atoms with Gasteiger partial charge in [0.05, 0.1) is 18.2 Å². The average molecular weight is 452 g/mol. The molecule has 1 aliphatic heterocycles. The number of carbonyl (C=O) groups excluding carboxylic acids is 2. The fourth-order valence-corrected chi connectivity index (χ4v) is 3.79. The smallest absolute Gasteiger partial charge is 0.295 e. The summed E-state index contributed by atoms with van der Waals surface area (Å²) in [5.74, 6) is -0.397. The first-order valence-corrected chi connectivity index (χ1v) is 10.9. The number of ether oxygens (including phenoxy) is 3. The van der Waals surface area contributed by atoms with Gasteiger partial charge in [-0.1, -0.05) is 36.9 Å². The van der Waals surface area contributed by atoms with E-state index in [0.29, 0.717) is 55.4 Å². The molecule has 0 radical (unpaired) electrons. The van der Waals surface area contributed by atoms with E-state index in [2.05, 4.69) is 6.58 Å². The van der Waals surface area contributed by atoms with Crippen molar-refractivity contribution in [3.8, 4) is 11.5 Å². The van der Waals surface area contributed by atoms with E-state index < -0.39 is 17.7 Å². The van der Waals surface area contributed by atoms with Gasteiger partial charge in [-0.3, -0.25) is 9.59 Å². The molecule has 1 fully saturated rings. The Bertz CT molecular complexity index is 1030. The summed E-state index contributed by atoms with van der Waals surface area (Å²) in [6.07, 6.45) is 2.20. The number of rotatable bonds is 11. The number of aliphatic hydroxyl groups excluding tert-OH is 1. The summed E-state index contributed by atoms with van der Waals surface area (Å²) in [7, 11) is 1.58. The molecule has 2 aromatic rings. The number of benzene rings is 2. The number of carbonyl (C=O) groups is 2. The highest BCUT2D eigenvalue weighted by molar-refractivity contribution is 6.46. The zero-order chi connectivity index (χ0) is 23.8. The van der Waals surface area contributed by atoms with Crippen LogP contribution in [-0.2, 0) is 14.3 Å². The number of methoxy groups -OCH3 is 1. The van der Waals surface area contributed by atoms with E-state index in [-0.39, 0.29) is 11.3 Å². The monoisotopic (exact) mass is 451 g/mol. The Morgan fingerprint density at radius 2 is 1.88 bits per heavy atom. The van der Waals surface area contributed by atoms with Gasteiger partial charge in [0.15, 0.2) is 0 Å². The van der Waals surface area contributed by atoms with Crippen molar-refractivity contribution in [2.24, 2.45) is 0 Å². The SMILES string of the molecule is C=CCOc1ccc(C2/C(=C(\O)c3cccc(OCC)c3)C(=O)C(=O)N2CCCOC)cc1. The van der Waals surface area contributed by atoms with Crippen LogP contribution in [0, 0.1) is 0 Å². The molecular formula is C26H29NO6. The Morgan fingerprint density at radius 1 is 1.12 bits per heavy atom. The quantitative estimate of drug-likeness (QED) is 0.182. The van der Waals surface area contributed by atoms with E-state index in [0.717, 1.165) is 0 Å². The molecule has 0 aromatic heterocycles. The van der Waals surface area contributed by atoms with Crippen LogP contribution in [0.15, 0.2) is 66.8 Å². The van der Waals surface area contributed by atoms with Crippen LogP contribution < -0.4 is 9.47 Å². The van der Waals surface area contributed by atoms with E-state index >= 15 is 0 Å². The molecule has 7 nitrogen and oxygen atoms in total. The van der Waals surface area contributed by atoms with Crippen LogP contribution >= 0.6 is 0 Å². The number of likely N-dealkylation sites (tertiary alicyclic amines) is 1. The summed E-state index contributed by atoms with van der Waals surface area (Å²) in [5.41, 5.74) is 1.15. The van der Waals surface area contributed by atoms with Gasteiger partial charge in [-0.05, 0) is 43.2 Å². The molecule has 1 unspecified atom stereocenters. The van der Waals surface area contributed by atoms with Crippen molar-refractivity contribution in [3.63, 3.8) is 0 Å². The van der Waals surface area contributed by atoms with Crippen molar-refractivity contribution >= 4 is 17.4 Å². The Labute approximate surface area is 193 Å². The molecule has 0 aliphatic carbocycles. The summed E-state index contributed by atoms with van der Waals surface area (Å²) in [4.78, 5) is 27.5. The van der Waals surface area contributed by atoms with Gasteiger partial charge in [0.1, 0.15) is 23.9 Å². The fraction of sp³-hybridized carbons (Fsp3) is 0.308. The summed E-state index contributed by atoms with van der Waals surface area (Å²) in [6, 6.07) is 13.2. The van der Waals surface area contributed by atoms with Gasteiger partial charge >= 0.3 is 0 Å². The number of hydrogen-bond donors (Lipinski definition) is 1. The largest absolute Gasteiger partial charge is 0.507 e. The molecule has 2 aromatic carbocycles. The molecule has 3 rings (SSSR count). The fourth-order valence-electron chi connectivity index (χ4n) is 3.79. The Hall–Kier alpha value is -3.58. The first-order valence-electron chi connectivity index (χ1n) is 10.9. The van der Waals surface area contributed by atoms with Crippen molar-refractivity contribution in [1.82, 2.24) is 4.90 Å². The van der Waals surface area contributed by atoms with E-state index in [1.165, 1.54) is 4.90 Å². The summed E-state index contributed by atoms with van der Waals surface area (Å²) in [6.45, 7) is 7.09. The predicted octanol–water partition coefficient (Wildman–Crippen LogP) is 4.11. The lowest BCUT2D eigenvalue weighted by Gasteiger charge is -2.25. The number of Topliss-reactive ketones (excluding diaryl/α,β-unsaturated/α-hetero) is 1. The van der Waals surface area contributed by atoms with Crippen LogP contribution in [0.3, 0.4) is 0 Å². The van der Waals surface area contributed by atoms with Crippen LogP contribution in [-0.4, -0.2) is 55.2 Å². The van der Waals surface area contributed by atoms with E-state index in [9.17, 15) is 14.7 Å². The molecule has 1 atom stereocenters. The average Bonchev–Trinajstić information content (AvgIpc) is 3.08. The van der Waals surface area contributed by atoms with Crippen LogP contribution in [0.2, 0.25) is 0 Å². The molecular weight excluding hydrogens is 422 g/mol. The molecule has 7 heteroatoms. The van der Waals surface area contributed by atoms with Crippen molar-refractivity contribution in [2.75, 3.05) is 33.5 Å². The first-order chi connectivity index (χ1) is 16.0. The van der Waals surface area contributed by atoms with E-state index in [1.54, 1.807) is 61.7 Å². The highest BCUT2D eigenvalue weighted by atomic mass is 16.5. The third kappa shape index (κ3) is 5.43. The third-order valence-electron chi connectivity index (χ3n) is 5.27. The van der Waals surface area contributed by atoms with Crippen molar-refractivity contribution in [2.45, 2.75) is 19.4 Å². The van der Waals surface area contributed by atoms with Crippen LogP contribution in [0.25, 0.3) is 5.76 Å². The zero-order valence-corrected chi connectivity index (χ0v) is 19.0. The molecule has 1 saturated heterocycles. The third-order valence-corrected chi connectivity index (χ3v) is 5.27. The maximum atomic E-state index is 13.1. The van der Waals surface area contributed by atoms with Crippen LogP contribution in [0.1, 0.15) is 30.5 Å². The molecule has 1 heterocycles. The predicted molar refractivity (Wildman–Crippen MR) is 125 cm³/mol. The number of aliphatic hydroxyl groups is 1. The van der Waals surface area contributed by atoms with Crippen molar-refractivity contribution in [1.29, 1.82) is 0 Å². The molecule has 1 N–H and O–H groups in total. The number of ketones is 1. The minimum absolute atomic E-state index is 0.0471. The summed E-state index contributed by atoms with van der Waals surface area (Å²) in [5, 5.41) is 11.2. The number of amides is 1. The van der Waals surface area contributed by atoms with Crippen LogP contribution in [0.5, 0.6) is 11.5 Å². The van der Waals surface area contributed by atoms with E-state index in [4.69, 9.17) is 14.2 Å². The molecule has 0 spiro atoms. The molecule has 174 valence electrons. The maximum absolute atomic E-state index is 13.1. The minimum Gasteiger partial charge on any atom is -0.507 e. The second kappa shape index (κ2) is 11.3. The normalized spacial score (nSPS) is 17.3. The maximum Gasteiger partial charge on any atom is 0.295 e. The van der Waals surface area contributed by atoms with Gasteiger partial charge in [-0.2, -0.15) is 0 Å². The summed E-state index contributed by atoms with van der Waals surface area (Å²) >= 11 is 0. The lowest BCUT2D eigenvalue weighted by molar-refractivity contribution is -0.140. The lowest BCUT2D eigenvalue weighted by atomic mass is 9.95.